The fourth-order valence-corrected chi connectivity index (χ4v) is 6.51. The van der Waals surface area contributed by atoms with Gasteiger partial charge in [-0.2, -0.15) is 4.31 Å². The lowest BCUT2D eigenvalue weighted by Crippen LogP contribution is -2.33. The minimum absolute atomic E-state index is 0.0164. The Balaban J connectivity index is 1.97. The molecule has 2 aromatic carbocycles. The van der Waals surface area contributed by atoms with Crippen LogP contribution in [0.4, 0.5) is 0 Å². The molecule has 2 rings (SSSR count). The first-order valence-electron chi connectivity index (χ1n) is 12.9. The fraction of sp³-hybridized carbons (Fsp3) is 0.538. The van der Waals surface area contributed by atoms with Crippen molar-refractivity contribution >= 4 is 15.6 Å². The minimum atomic E-state index is -4.31. The third kappa shape index (κ3) is 12.1. The molecule has 0 aliphatic heterocycles. The Kier molecular flexibility index (Phi) is 15.3. The van der Waals surface area contributed by atoms with Crippen LogP contribution in [0.1, 0.15) is 31.9 Å². The molecule has 0 fully saturated rings. The van der Waals surface area contributed by atoms with Gasteiger partial charge in [-0.25, -0.2) is 9.13 Å². The normalized spacial score (nSPS) is 14.1. The molecule has 2 aromatic rings. The van der Waals surface area contributed by atoms with Crippen molar-refractivity contribution in [2.75, 3.05) is 53.9 Å². The number of benzene rings is 2. The number of hydrogen-bond donors (Lipinski definition) is 1. The Morgan fingerprint density at radius 1 is 0.846 bits per heavy atom. The van der Waals surface area contributed by atoms with Crippen molar-refractivity contribution in [3.05, 3.63) is 59.7 Å². The van der Waals surface area contributed by atoms with Gasteiger partial charge in [-0.05, 0) is 70.0 Å². The monoisotopic (exact) mass is 589 g/mol. The predicted molar refractivity (Wildman–Crippen MR) is 148 cm³/mol. The SMILES string of the molecule is CCOP(=O)(OCC)OP(=O)(OCC)OCOC(CNC)COc1ccccc1CCc1cccc(OC)c1. The van der Waals surface area contributed by atoms with E-state index in [0.717, 1.165) is 35.5 Å². The first kappa shape index (κ1) is 33.4. The molecule has 220 valence electrons. The zero-order valence-corrected chi connectivity index (χ0v) is 25.1. The van der Waals surface area contributed by atoms with Gasteiger partial charge >= 0.3 is 15.6 Å². The topological polar surface area (TPSA) is 120 Å². The standard InChI is InChI=1S/C26H41NO10P2/c1-6-33-38(28,34-7-2)37-39(29,35-8-3)36-21-32-25(19-27-4)20-31-26-15-10-9-13-23(26)17-16-22-12-11-14-24(18-22)30-5/h9-15,18,25,27H,6-8,16-17,19-21H2,1-5H3. The van der Waals surface area contributed by atoms with Crippen molar-refractivity contribution < 1.29 is 45.7 Å². The summed E-state index contributed by atoms with van der Waals surface area (Å²) in [6, 6.07) is 15.8. The quantitative estimate of drug-likeness (QED) is 0.141. The van der Waals surface area contributed by atoms with Crippen molar-refractivity contribution in [3.63, 3.8) is 0 Å². The lowest BCUT2D eigenvalue weighted by atomic mass is 10.0. The van der Waals surface area contributed by atoms with E-state index in [4.69, 9.17) is 36.6 Å². The maximum atomic E-state index is 13.0. The van der Waals surface area contributed by atoms with Crippen molar-refractivity contribution in [3.8, 4) is 11.5 Å². The maximum absolute atomic E-state index is 13.0. The summed E-state index contributed by atoms with van der Waals surface area (Å²) in [5.41, 5.74) is 2.22. The average molecular weight is 590 g/mol. The zero-order valence-electron chi connectivity index (χ0n) is 23.3. The van der Waals surface area contributed by atoms with Crippen LogP contribution >= 0.6 is 15.6 Å². The number of methoxy groups -OCH3 is 1. The van der Waals surface area contributed by atoms with Gasteiger partial charge in [-0.1, -0.05) is 30.3 Å². The molecular formula is C26H41NO10P2. The van der Waals surface area contributed by atoms with E-state index in [1.807, 2.05) is 42.5 Å². The Morgan fingerprint density at radius 2 is 1.51 bits per heavy atom. The zero-order chi connectivity index (χ0) is 28.6. The van der Waals surface area contributed by atoms with Gasteiger partial charge in [0, 0.05) is 6.54 Å². The molecule has 13 heteroatoms. The highest BCUT2D eigenvalue weighted by Crippen LogP contribution is 2.65. The van der Waals surface area contributed by atoms with Gasteiger partial charge in [0.15, 0.2) is 6.79 Å². The first-order chi connectivity index (χ1) is 18.8. The van der Waals surface area contributed by atoms with Gasteiger partial charge < -0.3 is 19.5 Å². The largest absolute Gasteiger partial charge is 0.497 e. The number of rotatable bonds is 21. The van der Waals surface area contributed by atoms with E-state index in [0.29, 0.717) is 6.54 Å². The van der Waals surface area contributed by atoms with Crippen LogP contribution in [0.5, 0.6) is 11.5 Å². The van der Waals surface area contributed by atoms with Crippen LogP contribution in [0, 0.1) is 0 Å². The van der Waals surface area contributed by atoms with Gasteiger partial charge in [0.25, 0.3) is 0 Å². The smallest absolute Gasteiger partial charge is 0.485 e. The highest BCUT2D eigenvalue weighted by atomic mass is 31.3. The second-order valence-corrected chi connectivity index (χ2v) is 11.6. The molecule has 0 radical (unpaired) electrons. The van der Waals surface area contributed by atoms with Crippen LogP contribution in [0.15, 0.2) is 48.5 Å². The number of likely N-dealkylation sites (N-methyl/N-ethyl adjacent to an activating group) is 1. The predicted octanol–water partition coefficient (Wildman–Crippen LogP) is 5.78. The summed E-state index contributed by atoms with van der Waals surface area (Å²) in [5, 5.41) is 3.03. The molecule has 39 heavy (non-hydrogen) atoms. The lowest BCUT2D eigenvalue weighted by Gasteiger charge is -2.23. The third-order valence-corrected chi connectivity index (χ3v) is 8.97. The van der Waals surface area contributed by atoms with Crippen molar-refractivity contribution in [2.24, 2.45) is 0 Å². The van der Waals surface area contributed by atoms with Gasteiger partial charge in [-0.3, -0.25) is 18.1 Å². The van der Waals surface area contributed by atoms with Gasteiger partial charge in [0.05, 0.1) is 26.9 Å². The Labute approximate surface area is 231 Å². The first-order valence-corrected chi connectivity index (χ1v) is 15.8. The minimum Gasteiger partial charge on any atom is -0.497 e. The summed E-state index contributed by atoms with van der Waals surface area (Å²) in [6.07, 6.45) is 1.13. The van der Waals surface area contributed by atoms with Crippen LogP contribution in [-0.2, 0) is 49.1 Å². The van der Waals surface area contributed by atoms with Crippen molar-refractivity contribution in [2.45, 2.75) is 39.7 Å². The Hall–Kier alpha value is -1.78. The Morgan fingerprint density at radius 3 is 2.15 bits per heavy atom. The molecule has 11 nitrogen and oxygen atoms in total. The molecule has 0 saturated carbocycles. The number of ether oxygens (including phenoxy) is 3. The summed E-state index contributed by atoms with van der Waals surface area (Å²) in [4.78, 5) is 0. The van der Waals surface area contributed by atoms with E-state index in [2.05, 4.69) is 11.4 Å². The number of hydrogen-bond acceptors (Lipinski definition) is 11. The number of phosphoric ester groups is 2. The van der Waals surface area contributed by atoms with Gasteiger partial charge in [0.2, 0.25) is 0 Å². The van der Waals surface area contributed by atoms with Crippen molar-refractivity contribution in [1.82, 2.24) is 5.32 Å². The highest BCUT2D eigenvalue weighted by Gasteiger charge is 2.40. The van der Waals surface area contributed by atoms with Crippen LogP contribution in [-0.4, -0.2) is 60.0 Å². The van der Waals surface area contributed by atoms with Gasteiger partial charge in [0.1, 0.15) is 24.2 Å². The summed E-state index contributed by atoms with van der Waals surface area (Å²) in [6.45, 7) is 4.95. The number of aryl methyl sites for hydroxylation is 2. The van der Waals surface area contributed by atoms with E-state index >= 15 is 0 Å². The number of para-hydroxylation sites is 1. The van der Waals surface area contributed by atoms with Crippen LogP contribution < -0.4 is 14.8 Å². The second kappa shape index (κ2) is 17.8. The third-order valence-electron chi connectivity index (χ3n) is 5.22. The molecule has 2 unspecified atom stereocenters. The molecule has 0 aromatic heterocycles. The van der Waals surface area contributed by atoms with E-state index in [1.54, 1.807) is 34.9 Å². The molecule has 0 aliphatic rings. The summed E-state index contributed by atoms with van der Waals surface area (Å²) < 4.78 is 68.5. The van der Waals surface area contributed by atoms with E-state index in [-0.39, 0.29) is 26.4 Å². The summed E-state index contributed by atoms with van der Waals surface area (Å²) >= 11 is 0. The van der Waals surface area contributed by atoms with E-state index < -0.39 is 28.5 Å². The highest BCUT2D eigenvalue weighted by molar-refractivity contribution is 7.62. The van der Waals surface area contributed by atoms with Crippen LogP contribution in [0.2, 0.25) is 0 Å². The molecule has 0 saturated heterocycles. The van der Waals surface area contributed by atoms with Crippen molar-refractivity contribution in [1.29, 1.82) is 0 Å². The molecule has 0 heterocycles. The molecule has 0 bridgehead atoms. The summed E-state index contributed by atoms with van der Waals surface area (Å²) in [7, 11) is -5.04. The molecule has 0 aliphatic carbocycles. The molecule has 0 amide bonds. The van der Waals surface area contributed by atoms with Crippen LogP contribution in [0.3, 0.4) is 0 Å². The lowest BCUT2D eigenvalue weighted by molar-refractivity contribution is -0.0628. The van der Waals surface area contributed by atoms with E-state index in [9.17, 15) is 9.13 Å². The number of nitrogens with one attached hydrogen (secondary N) is 1. The fourth-order valence-electron chi connectivity index (χ4n) is 3.49. The average Bonchev–Trinajstić information content (AvgIpc) is 2.91. The Bertz CT molecular complexity index is 1060. The summed E-state index contributed by atoms with van der Waals surface area (Å²) in [5.74, 6) is 1.56. The van der Waals surface area contributed by atoms with Gasteiger partial charge in [-0.15, -0.1) is 0 Å². The van der Waals surface area contributed by atoms with Crippen LogP contribution in [0.25, 0.3) is 0 Å². The molecule has 1 N–H and O–H groups in total. The number of phosphoric acid groups is 2. The van der Waals surface area contributed by atoms with E-state index in [1.165, 1.54) is 0 Å². The maximum Gasteiger partial charge on any atom is 0.485 e. The molecule has 2 atom stereocenters. The molecule has 0 spiro atoms. The molecular weight excluding hydrogens is 548 g/mol. The second-order valence-electron chi connectivity index (χ2n) is 8.09.